The van der Waals surface area contributed by atoms with Crippen LogP contribution in [0.2, 0.25) is 5.02 Å². The molecule has 150 valence electrons. The summed E-state index contributed by atoms with van der Waals surface area (Å²) in [6, 6.07) is 17.2. The van der Waals surface area contributed by atoms with Crippen molar-refractivity contribution in [2.75, 3.05) is 32.7 Å². The van der Waals surface area contributed by atoms with E-state index in [-0.39, 0.29) is 6.10 Å². The second-order valence-electron chi connectivity index (χ2n) is 8.36. The van der Waals surface area contributed by atoms with Crippen molar-refractivity contribution in [1.29, 1.82) is 0 Å². The maximum Gasteiger partial charge on any atom is 0.0540 e. The van der Waals surface area contributed by atoms with Crippen molar-refractivity contribution in [3.63, 3.8) is 0 Å². The van der Waals surface area contributed by atoms with Crippen molar-refractivity contribution in [3.05, 3.63) is 59.1 Å². The number of benzene rings is 2. The third kappa shape index (κ3) is 4.96. The van der Waals surface area contributed by atoms with Gasteiger partial charge in [0, 0.05) is 37.7 Å². The van der Waals surface area contributed by atoms with E-state index < -0.39 is 0 Å². The predicted octanol–water partition coefficient (Wildman–Crippen LogP) is 4.55. The standard InChI is InChI=1S/C24H31ClN2O/c25-22-3-1-2-21(16-22)18-4-6-19(7-5-18)24(17-27-14-12-26-13-15-27)20-8-10-23(28)11-9-20/h1-7,16,20,23-24,26,28H,8-15,17H2. The smallest absolute Gasteiger partial charge is 0.0540 e. The fourth-order valence-electron chi connectivity index (χ4n) is 4.79. The first-order chi connectivity index (χ1) is 13.7. The number of halogens is 1. The number of hydrogen-bond donors (Lipinski definition) is 2. The molecule has 1 atom stereocenters. The molecule has 2 N–H and O–H groups in total. The maximum atomic E-state index is 9.96. The summed E-state index contributed by atoms with van der Waals surface area (Å²) in [5.74, 6) is 1.20. The highest BCUT2D eigenvalue weighted by Crippen LogP contribution is 2.37. The number of aliphatic hydroxyl groups excluding tert-OH is 1. The molecule has 0 aromatic heterocycles. The summed E-state index contributed by atoms with van der Waals surface area (Å²) >= 11 is 6.17. The third-order valence-electron chi connectivity index (χ3n) is 6.47. The minimum Gasteiger partial charge on any atom is -0.393 e. The van der Waals surface area contributed by atoms with Gasteiger partial charge in [-0.15, -0.1) is 0 Å². The van der Waals surface area contributed by atoms with Gasteiger partial charge in [-0.2, -0.15) is 0 Å². The zero-order valence-electron chi connectivity index (χ0n) is 16.5. The first-order valence-corrected chi connectivity index (χ1v) is 11.0. The van der Waals surface area contributed by atoms with Gasteiger partial charge < -0.3 is 15.3 Å². The summed E-state index contributed by atoms with van der Waals surface area (Å²) in [6.07, 6.45) is 4.07. The monoisotopic (exact) mass is 398 g/mol. The molecule has 4 heteroatoms. The lowest BCUT2D eigenvalue weighted by molar-refractivity contribution is 0.0932. The van der Waals surface area contributed by atoms with Gasteiger partial charge in [0.2, 0.25) is 0 Å². The lowest BCUT2D eigenvalue weighted by Crippen LogP contribution is -2.46. The molecule has 0 bridgehead atoms. The number of rotatable bonds is 5. The summed E-state index contributed by atoms with van der Waals surface area (Å²) in [5.41, 5.74) is 3.82. The Kier molecular flexibility index (Phi) is 6.69. The molecule has 1 saturated heterocycles. The number of aliphatic hydroxyl groups is 1. The van der Waals surface area contributed by atoms with Crippen LogP contribution in [-0.4, -0.2) is 48.8 Å². The first-order valence-electron chi connectivity index (χ1n) is 10.7. The molecule has 2 fully saturated rings. The SMILES string of the molecule is OC1CCC(C(CN2CCNCC2)c2ccc(-c3cccc(Cl)c3)cc2)CC1. The number of nitrogens with zero attached hydrogens (tertiary/aromatic N) is 1. The summed E-state index contributed by atoms with van der Waals surface area (Å²) in [5, 5.41) is 14.2. The highest BCUT2D eigenvalue weighted by Gasteiger charge is 2.29. The van der Waals surface area contributed by atoms with Crippen LogP contribution < -0.4 is 5.32 Å². The molecule has 1 aliphatic heterocycles. The van der Waals surface area contributed by atoms with Gasteiger partial charge in [-0.1, -0.05) is 48.0 Å². The second-order valence-corrected chi connectivity index (χ2v) is 8.79. The average Bonchev–Trinajstić information content (AvgIpc) is 2.74. The van der Waals surface area contributed by atoms with Crippen LogP contribution in [-0.2, 0) is 0 Å². The quantitative estimate of drug-likeness (QED) is 0.775. The van der Waals surface area contributed by atoms with Crippen molar-refractivity contribution in [3.8, 4) is 11.1 Å². The van der Waals surface area contributed by atoms with Crippen LogP contribution in [0.5, 0.6) is 0 Å². The Morgan fingerprint density at radius 1 is 0.964 bits per heavy atom. The number of hydrogen-bond acceptors (Lipinski definition) is 3. The van der Waals surface area contributed by atoms with Crippen LogP contribution in [0.4, 0.5) is 0 Å². The van der Waals surface area contributed by atoms with Gasteiger partial charge in [-0.05, 0) is 66.3 Å². The first kappa shape index (κ1) is 19.9. The Labute approximate surface area is 173 Å². The van der Waals surface area contributed by atoms with Crippen molar-refractivity contribution in [2.24, 2.45) is 5.92 Å². The fraction of sp³-hybridized carbons (Fsp3) is 0.500. The van der Waals surface area contributed by atoms with Crippen molar-refractivity contribution < 1.29 is 5.11 Å². The zero-order valence-corrected chi connectivity index (χ0v) is 17.2. The van der Waals surface area contributed by atoms with E-state index >= 15 is 0 Å². The van der Waals surface area contributed by atoms with E-state index in [2.05, 4.69) is 40.5 Å². The molecule has 1 unspecified atom stereocenters. The molecular weight excluding hydrogens is 368 g/mol. The van der Waals surface area contributed by atoms with E-state index in [0.29, 0.717) is 11.8 Å². The normalized spacial score (nSPS) is 24.8. The van der Waals surface area contributed by atoms with Crippen LogP contribution in [0.15, 0.2) is 48.5 Å². The molecule has 0 spiro atoms. The van der Waals surface area contributed by atoms with E-state index in [4.69, 9.17) is 11.6 Å². The average molecular weight is 399 g/mol. The van der Waals surface area contributed by atoms with Gasteiger partial charge in [0.15, 0.2) is 0 Å². The van der Waals surface area contributed by atoms with Gasteiger partial charge >= 0.3 is 0 Å². The van der Waals surface area contributed by atoms with Gasteiger partial charge in [0.05, 0.1) is 6.10 Å². The molecule has 2 aliphatic rings. The van der Waals surface area contributed by atoms with Crippen LogP contribution in [0.3, 0.4) is 0 Å². The van der Waals surface area contributed by atoms with E-state index in [1.807, 2.05) is 18.2 Å². The molecule has 2 aromatic carbocycles. The summed E-state index contributed by atoms with van der Waals surface area (Å²) < 4.78 is 0. The third-order valence-corrected chi connectivity index (χ3v) is 6.71. The topological polar surface area (TPSA) is 35.5 Å². The Morgan fingerprint density at radius 2 is 1.68 bits per heavy atom. The molecule has 4 rings (SSSR count). The molecule has 1 saturated carbocycles. The van der Waals surface area contributed by atoms with Crippen LogP contribution in [0.25, 0.3) is 11.1 Å². The Bertz CT molecular complexity index is 749. The van der Waals surface area contributed by atoms with Gasteiger partial charge in [0.25, 0.3) is 0 Å². The minimum atomic E-state index is -0.0960. The number of piperazine rings is 1. The molecule has 3 nitrogen and oxygen atoms in total. The maximum absolute atomic E-state index is 9.96. The highest BCUT2D eigenvalue weighted by atomic mass is 35.5. The van der Waals surface area contributed by atoms with E-state index in [1.165, 1.54) is 16.7 Å². The van der Waals surface area contributed by atoms with Crippen LogP contribution in [0, 0.1) is 5.92 Å². The van der Waals surface area contributed by atoms with Crippen molar-refractivity contribution >= 4 is 11.6 Å². The Hall–Kier alpha value is -1.39. The van der Waals surface area contributed by atoms with Crippen molar-refractivity contribution in [1.82, 2.24) is 10.2 Å². The molecule has 1 heterocycles. The van der Waals surface area contributed by atoms with E-state index in [9.17, 15) is 5.11 Å². The number of nitrogens with one attached hydrogen (secondary N) is 1. The van der Waals surface area contributed by atoms with Gasteiger partial charge in [-0.25, -0.2) is 0 Å². The summed E-state index contributed by atoms with van der Waals surface area (Å²) in [6.45, 7) is 5.56. The largest absolute Gasteiger partial charge is 0.393 e. The lowest BCUT2D eigenvalue weighted by atomic mass is 9.75. The molecule has 1 aliphatic carbocycles. The zero-order chi connectivity index (χ0) is 19.3. The molecule has 0 radical (unpaired) electrons. The van der Waals surface area contributed by atoms with Crippen LogP contribution in [0.1, 0.15) is 37.2 Å². The summed E-state index contributed by atoms with van der Waals surface area (Å²) in [7, 11) is 0. The lowest BCUT2D eigenvalue weighted by Gasteiger charge is -2.37. The molecule has 28 heavy (non-hydrogen) atoms. The van der Waals surface area contributed by atoms with Gasteiger partial charge in [-0.3, -0.25) is 0 Å². The van der Waals surface area contributed by atoms with Crippen molar-refractivity contribution in [2.45, 2.75) is 37.7 Å². The molecule has 0 amide bonds. The van der Waals surface area contributed by atoms with E-state index in [0.717, 1.165) is 63.4 Å². The van der Waals surface area contributed by atoms with E-state index in [1.54, 1.807) is 0 Å². The summed E-state index contributed by atoms with van der Waals surface area (Å²) in [4.78, 5) is 2.61. The van der Waals surface area contributed by atoms with Crippen LogP contribution >= 0.6 is 11.6 Å². The van der Waals surface area contributed by atoms with Gasteiger partial charge in [0.1, 0.15) is 0 Å². The predicted molar refractivity (Wildman–Crippen MR) is 117 cm³/mol. The fourth-order valence-corrected chi connectivity index (χ4v) is 4.98. The second kappa shape index (κ2) is 9.41. The minimum absolute atomic E-state index is 0.0960. The molecule has 2 aromatic rings. The highest BCUT2D eigenvalue weighted by molar-refractivity contribution is 6.30. The Morgan fingerprint density at radius 3 is 2.36 bits per heavy atom. The molecular formula is C24H31ClN2O. The Balaban J connectivity index is 1.54.